The zero-order chi connectivity index (χ0) is 17.4. The Morgan fingerprint density at radius 1 is 0.880 bits per heavy atom. The second-order valence-corrected chi connectivity index (χ2v) is 6.93. The van der Waals surface area contributed by atoms with E-state index in [-0.39, 0.29) is 17.9 Å². The van der Waals surface area contributed by atoms with Crippen LogP contribution in [0.25, 0.3) is 0 Å². The van der Waals surface area contributed by atoms with E-state index >= 15 is 0 Å². The summed E-state index contributed by atoms with van der Waals surface area (Å²) >= 11 is 0. The average Bonchev–Trinajstić information content (AvgIpc) is 3.27. The molecule has 2 aliphatic rings. The normalized spacial score (nSPS) is 19.2. The summed E-state index contributed by atoms with van der Waals surface area (Å²) in [5.74, 6) is 0.0639. The molecule has 1 unspecified atom stereocenters. The number of nitrogens with zero attached hydrogens (tertiary/aromatic N) is 2. The molecule has 2 aliphatic heterocycles. The molecule has 2 aromatic rings. The Bertz CT molecular complexity index is 807. The van der Waals surface area contributed by atoms with Crippen molar-refractivity contribution in [3.8, 4) is 0 Å². The molecule has 4 heteroatoms. The first-order valence-corrected chi connectivity index (χ1v) is 8.96. The van der Waals surface area contributed by atoms with Gasteiger partial charge in [0.25, 0.3) is 11.8 Å². The number of para-hydroxylation sites is 1. The van der Waals surface area contributed by atoms with E-state index in [4.69, 9.17) is 0 Å². The molecular weight excluding hydrogens is 312 g/mol. The van der Waals surface area contributed by atoms with Crippen LogP contribution in [0.2, 0.25) is 0 Å². The Morgan fingerprint density at radius 2 is 1.48 bits per heavy atom. The molecule has 128 valence electrons. The van der Waals surface area contributed by atoms with Crippen molar-refractivity contribution in [1.29, 1.82) is 0 Å². The Morgan fingerprint density at radius 3 is 2.16 bits per heavy atom. The van der Waals surface area contributed by atoms with Gasteiger partial charge < -0.3 is 9.80 Å². The lowest BCUT2D eigenvalue weighted by atomic mass is 10.1. The summed E-state index contributed by atoms with van der Waals surface area (Å²) < 4.78 is 0. The molecular formula is C21H22N2O2. The van der Waals surface area contributed by atoms with Crippen LogP contribution in [0.3, 0.4) is 0 Å². The van der Waals surface area contributed by atoms with Crippen LogP contribution >= 0.6 is 0 Å². The number of hydrogen-bond acceptors (Lipinski definition) is 2. The van der Waals surface area contributed by atoms with E-state index in [0.717, 1.165) is 38.0 Å². The number of likely N-dealkylation sites (tertiary alicyclic amines) is 1. The predicted molar refractivity (Wildman–Crippen MR) is 98.0 cm³/mol. The summed E-state index contributed by atoms with van der Waals surface area (Å²) in [5, 5.41) is 0. The summed E-state index contributed by atoms with van der Waals surface area (Å²) in [6, 6.07) is 15.3. The minimum Gasteiger partial charge on any atom is -0.339 e. The number of carbonyl (C=O) groups is 2. The molecule has 0 bridgehead atoms. The monoisotopic (exact) mass is 334 g/mol. The SMILES string of the molecule is CC1Cc2ccccc2N1C(=O)c1ccc(C(=O)N2CCCC2)cc1. The molecule has 0 N–H and O–H groups in total. The highest BCUT2D eigenvalue weighted by Crippen LogP contribution is 2.33. The molecule has 4 nitrogen and oxygen atoms in total. The van der Waals surface area contributed by atoms with Crippen LogP contribution in [0.4, 0.5) is 5.69 Å². The molecule has 1 fully saturated rings. The van der Waals surface area contributed by atoms with Crippen LogP contribution < -0.4 is 4.90 Å². The van der Waals surface area contributed by atoms with Crippen LogP contribution in [-0.2, 0) is 6.42 Å². The Balaban J connectivity index is 1.56. The van der Waals surface area contributed by atoms with E-state index < -0.39 is 0 Å². The van der Waals surface area contributed by atoms with Crippen LogP contribution in [0.15, 0.2) is 48.5 Å². The third kappa shape index (κ3) is 2.82. The molecule has 1 saturated heterocycles. The van der Waals surface area contributed by atoms with E-state index in [1.54, 1.807) is 24.3 Å². The first kappa shape index (κ1) is 15.9. The molecule has 0 aromatic heterocycles. The van der Waals surface area contributed by atoms with Crippen molar-refractivity contribution in [2.75, 3.05) is 18.0 Å². The maximum atomic E-state index is 13.0. The number of hydrogen-bond donors (Lipinski definition) is 0. The number of benzene rings is 2. The van der Waals surface area contributed by atoms with Crippen molar-refractivity contribution in [2.24, 2.45) is 0 Å². The van der Waals surface area contributed by atoms with Gasteiger partial charge in [0, 0.05) is 35.9 Å². The first-order valence-electron chi connectivity index (χ1n) is 8.96. The summed E-state index contributed by atoms with van der Waals surface area (Å²) in [4.78, 5) is 29.2. The number of amides is 2. The molecule has 2 amide bonds. The lowest BCUT2D eigenvalue weighted by molar-refractivity contribution is 0.0792. The fourth-order valence-corrected chi connectivity index (χ4v) is 3.87. The van der Waals surface area contributed by atoms with Gasteiger partial charge in [-0.25, -0.2) is 0 Å². The molecule has 0 spiro atoms. The van der Waals surface area contributed by atoms with Crippen molar-refractivity contribution < 1.29 is 9.59 Å². The van der Waals surface area contributed by atoms with Crippen molar-refractivity contribution in [2.45, 2.75) is 32.2 Å². The van der Waals surface area contributed by atoms with Gasteiger partial charge in [-0.15, -0.1) is 0 Å². The Kier molecular flexibility index (Phi) is 4.04. The molecule has 2 aromatic carbocycles. The molecule has 0 aliphatic carbocycles. The van der Waals surface area contributed by atoms with Gasteiger partial charge in [-0.3, -0.25) is 9.59 Å². The number of anilines is 1. The summed E-state index contributed by atoms with van der Waals surface area (Å²) in [6.45, 7) is 3.74. The van der Waals surface area contributed by atoms with Crippen LogP contribution in [0, 0.1) is 0 Å². The first-order chi connectivity index (χ1) is 12.1. The van der Waals surface area contributed by atoms with Gasteiger partial charge in [-0.1, -0.05) is 18.2 Å². The molecule has 0 saturated carbocycles. The van der Waals surface area contributed by atoms with Crippen LogP contribution in [0.1, 0.15) is 46.0 Å². The van der Waals surface area contributed by atoms with Crippen molar-refractivity contribution in [3.63, 3.8) is 0 Å². The molecule has 0 radical (unpaired) electrons. The highest BCUT2D eigenvalue weighted by Gasteiger charge is 2.31. The van der Waals surface area contributed by atoms with Crippen molar-refractivity contribution in [3.05, 3.63) is 65.2 Å². The minimum atomic E-state index is -0.00220. The quantitative estimate of drug-likeness (QED) is 0.843. The van der Waals surface area contributed by atoms with Crippen LogP contribution in [-0.4, -0.2) is 35.8 Å². The zero-order valence-corrected chi connectivity index (χ0v) is 14.4. The summed E-state index contributed by atoms with van der Waals surface area (Å²) in [7, 11) is 0. The van der Waals surface area contributed by atoms with E-state index in [0.29, 0.717) is 11.1 Å². The summed E-state index contributed by atoms with van der Waals surface area (Å²) in [6.07, 6.45) is 3.04. The lowest BCUT2D eigenvalue weighted by Gasteiger charge is -2.23. The number of fused-ring (bicyclic) bond motifs is 1. The molecule has 4 rings (SSSR count). The maximum Gasteiger partial charge on any atom is 0.258 e. The zero-order valence-electron chi connectivity index (χ0n) is 14.4. The lowest BCUT2D eigenvalue weighted by Crippen LogP contribution is -2.35. The van der Waals surface area contributed by atoms with Crippen molar-refractivity contribution >= 4 is 17.5 Å². The fourth-order valence-electron chi connectivity index (χ4n) is 3.87. The van der Waals surface area contributed by atoms with Gasteiger partial charge in [0.05, 0.1) is 0 Å². The average molecular weight is 334 g/mol. The van der Waals surface area contributed by atoms with Gasteiger partial charge in [-0.2, -0.15) is 0 Å². The smallest absolute Gasteiger partial charge is 0.258 e. The largest absolute Gasteiger partial charge is 0.339 e. The van der Waals surface area contributed by atoms with Gasteiger partial charge >= 0.3 is 0 Å². The Labute approximate surface area is 148 Å². The van der Waals surface area contributed by atoms with Gasteiger partial charge in [0.1, 0.15) is 0 Å². The van der Waals surface area contributed by atoms with Gasteiger partial charge in [-0.05, 0) is 62.1 Å². The number of rotatable bonds is 2. The second-order valence-electron chi connectivity index (χ2n) is 6.93. The number of carbonyl (C=O) groups excluding carboxylic acids is 2. The third-order valence-corrected chi connectivity index (χ3v) is 5.20. The third-order valence-electron chi connectivity index (χ3n) is 5.20. The summed E-state index contributed by atoms with van der Waals surface area (Å²) in [5.41, 5.74) is 3.50. The molecule has 2 heterocycles. The predicted octanol–water partition coefficient (Wildman–Crippen LogP) is 3.51. The molecule has 1 atom stereocenters. The highest BCUT2D eigenvalue weighted by molar-refractivity contribution is 6.08. The maximum absolute atomic E-state index is 13.0. The standard InChI is InChI=1S/C21H22N2O2/c1-15-14-18-6-2-3-7-19(18)23(15)21(25)17-10-8-16(9-11-17)20(24)22-12-4-5-13-22/h2-3,6-11,15H,4-5,12-14H2,1H3. The van der Waals surface area contributed by atoms with Crippen molar-refractivity contribution in [1.82, 2.24) is 4.90 Å². The van der Waals surface area contributed by atoms with E-state index in [1.165, 1.54) is 5.56 Å². The molecule has 25 heavy (non-hydrogen) atoms. The topological polar surface area (TPSA) is 40.6 Å². The van der Waals surface area contributed by atoms with E-state index in [9.17, 15) is 9.59 Å². The van der Waals surface area contributed by atoms with Gasteiger partial charge in [0.15, 0.2) is 0 Å². The van der Waals surface area contributed by atoms with E-state index in [1.807, 2.05) is 28.0 Å². The second kappa shape index (κ2) is 6.36. The Hall–Kier alpha value is -2.62. The van der Waals surface area contributed by atoms with E-state index in [2.05, 4.69) is 13.0 Å². The highest BCUT2D eigenvalue weighted by atomic mass is 16.2. The van der Waals surface area contributed by atoms with Gasteiger partial charge in [0.2, 0.25) is 0 Å². The minimum absolute atomic E-state index is 0.00220. The van der Waals surface area contributed by atoms with Crippen LogP contribution in [0.5, 0.6) is 0 Å². The fraction of sp³-hybridized carbons (Fsp3) is 0.333.